The number of amides is 1. The quantitative estimate of drug-likeness (QED) is 0.642. The Hall–Kier alpha value is -1.60. The summed E-state index contributed by atoms with van der Waals surface area (Å²) in [6.45, 7) is 5.64. The summed E-state index contributed by atoms with van der Waals surface area (Å²) >= 11 is 5.13. The van der Waals surface area contributed by atoms with Gasteiger partial charge in [-0.25, -0.2) is 9.97 Å². The SMILES string of the molecule is CC(C)Sc1ccc(CC(=O)N2CCC(Oc3ncc(Br)cn3)C2)cc1. The molecule has 1 aliphatic rings. The van der Waals surface area contributed by atoms with E-state index in [1.807, 2.05) is 28.8 Å². The van der Waals surface area contributed by atoms with Gasteiger partial charge in [-0.2, -0.15) is 0 Å². The molecular formula is C19H22BrN3O2S. The fourth-order valence-electron chi connectivity index (χ4n) is 2.81. The fraction of sp³-hybridized carbons (Fsp3) is 0.421. The third-order valence-corrected chi connectivity index (χ3v) is 5.44. The molecule has 1 unspecified atom stereocenters. The lowest BCUT2D eigenvalue weighted by Crippen LogP contribution is -2.32. The van der Waals surface area contributed by atoms with Gasteiger partial charge in [0.1, 0.15) is 6.10 Å². The second-order valence-electron chi connectivity index (χ2n) is 6.54. The van der Waals surface area contributed by atoms with Crippen molar-refractivity contribution in [1.82, 2.24) is 14.9 Å². The van der Waals surface area contributed by atoms with Gasteiger partial charge in [0.25, 0.3) is 0 Å². The van der Waals surface area contributed by atoms with Crippen LogP contribution < -0.4 is 4.74 Å². The molecule has 0 spiro atoms. The summed E-state index contributed by atoms with van der Waals surface area (Å²) in [4.78, 5) is 23.9. The predicted octanol–water partition coefficient (Wildman–Crippen LogP) is 3.96. The lowest BCUT2D eigenvalue weighted by molar-refractivity contribution is -0.129. The van der Waals surface area contributed by atoms with Crippen molar-refractivity contribution >= 4 is 33.6 Å². The lowest BCUT2D eigenvalue weighted by atomic mass is 10.1. The van der Waals surface area contributed by atoms with Crippen molar-refractivity contribution < 1.29 is 9.53 Å². The topological polar surface area (TPSA) is 55.3 Å². The molecule has 0 aliphatic carbocycles. The summed E-state index contributed by atoms with van der Waals surface area (Å²) in [6, 6.07) is 8.62. The van der Waals surface area contributed by atoms with Crippen LogP contribution in [0, 0.1) is 0 Å². The van der Waals surface area contributed by atoms with Crippen molar-refractivity contribution in [2.75, 3.05) is 13.1 Å². The first kappa shape index (κ1) is 19.2. The Bertz CT molecular complexity index is 737. The number of halogens is 1. The maximum atomic E-state index is 12.5. The smallest absolute Gasteiger partial charge is 0.316 e. The highest BCUT2D eigenvalue weighted by Gasteiger charge is 2.28. The molecule has 1 fully saturated rings. The maximum absolute atomic E-state index is 12.5. The second kappa shape index (κ2) is 8.86. The van der Waals surface area contributed by atoms with Crippen LogP contribution in [0.4, 0.5) is 0 Å². The molecule has 0 radical (unpaired) electrons. The van der Waals surface area contributed by atoms with Gasteiger partial charge in [0.2, 0.25) is 5.91 Å². The van der Waals surface area contributed by atoms with Crippen LogP contribution in [-0.4, -0.2) is 45.2 Å². The monoisotopic (exact) mass is 435 g/mol. The van der Waals surface area contributed by atoms with Crippen molar-refractivity contribution in [3.8, 4) is 6.01 Å². The first-order valence-corrected chi connectivity index (χ1v) is 10.3. The Morgan fingerprint density at radius 2 is 2.00 bits per heavy atom. The van der Waals surface area contributed by atoms with E-state index in [1.165, 1.54) is 4.90 Å². The van der Waals surface area contributed by atoms with Gasteiger partial charge in [-0.1, -0.05) is 26.0 Å². The Labute approximate surface area is 166 Å². The maximum Gasteiger partial charge on any atom is 0.316 e. The largest absolute Gasteiger partial charge is 0.458 e. The number of hydrogen-bond donors (Lipinski definition) is 0. The normalized spacial score (nSPS) is 16.9. The van der Waals surface area contributed by atoms with E-state index in [0.717, 1.165) is 16.5 Å². The number of hydrogen-bond acceptors (Lipinski definition) is 5. The number of ether oxygens (including phenoxy) is 1. The van der Waals surface area contributed by atoms with E-state index in [9.17, 15) is 4.79 Å². The summed E-state index contributed by atoms with van der Waals surface area (Å²) in [6.07, 6.45) is 4.48. The molecule has 2 aromatic rings. The highest BCUT2D eigenvalue weighted by Crippen LogP contribution is 2.23. The molecule has 0 N–H and O–H groups in total. The van der Waals surface area contributed by atoms with Crippen LogP contribution in [0.3, 0.4) is 0 Å². The van der Waals surface area contributed by atoms with Crippen LogP contribution >= 0.6 is 27.7 Å². The zero-order valence-electron chi connectivity index (χ0n) is 14.9. The van der Waals surface area contributed by atoms with Crippen LogP contribution in [0.1, 0.15) is 25.8 Å². The average molecular weight is 436 g/mol. The van der Waals surface area contributed by atoms with E-state index in [1.54, 1.807) is 12.4 Å². The zero-order valence-corrected chi connectivity index (χ0v) is 17.3. The van der Waals surface area contributed by atoms with E-state index in [4.69, 9.17) is 4.74 Å². The van der Waals surface area contributed by atoms with Gasteiger partial charge < -0.3 is 9.64 Å². The van der Waals surface area contributed by atoms with E-state index in [-0.39, 0.29) is 12.0 Å². The lowest BCUT2D eigenvalue weighted by Gasteiger charge is -2.17. The molecule has 5 nitrogen and oxygen atoms in total. The summed E-state index contributed by atoms with van der Waals surface area (Å²) in [5.41, 5.74) is 1.05. The Balaban J connectivity index is 1.50. The molecule has 138 valence electrons. The number of aromatic nitrogens is 2. The average Bonchev–Trinajstić information content (AvgIpc) is 3.07. The minimum Gasteiger partial charge on any atom is -0.458 e. The first-order chi connectivity index (χ1) is 12.5. The Morgan fingerprint density at radius 1 is 1.31 bits per heavy atom. The Morgan fingerprint density at radius 3 is 2.65 bits per heavy atom. The number of rotatable bonds is 6. The second-order valence-corrected chi connectivity index (χ2v) is 9.11. The molecule has 0 bridgehead atoms. The van der Waals surface area contributed by atoms with Gasteiger partial charge in [-0.05, 0) is 33.6 Å². The minimum atomic E-state index is -0.0510. The molecule has 26 heavy (non-hydrogen) atoms. The van der Waals surface area contributed by atoms with Crippen LogP contribution in [0.25, 0.3) is 0 Å². The molecular weight excluding hydrogens is 414 g/mol. The molecule has 2 heterocycles. The third kappa shape index (κ3) is 5.45. The van der Waals surface area contributed by atoms with Crippen molar-refractivity contribution in [2.45, 2.75) is 42.9 Å². The van der Waals surface area contributed by atoms with Gasteiger partial charge in [0, 0.05) is 35.5 Å². The number of benzene rings is 1. The third-order valence-electron chi connectivity index (χ3n) is 4.02. The number of carbonyl (C=O) groups is 1. The summed E-state index contributed by atoms with van der Waals surface area (Å²) in [7, 11) is 0. The highest BCUT2D eigenvalue weighted by molar-refractivity contribution is 9.10. The van der Waals surface area contributed by atoms with Crippen LogP contribution in [0.5, 0.6) is 6.01 Å². The predicted molar refractivity (Wildman–Crippen MR) is 106 cm³/mol. The molecule has 1 aromatic heterocycles. The molecule has 3 rings (SSSR count). The number of thioether (sulfide) groups is 1. The molecule has 1 atom stereocenters. The Kier molecular flexibility index (Phi) is 6.53. The summed E-state index contributed by atoms with van der Waals surface area (Å²) in [5.74, 6) is 0.136. The zero-order chi connectivity index (χ0) is 18.5. The van der Waals surface area contributed by atoms with E-state index >= 15 is 0 Å². The van der Waals surface area contributed by atoms with Crippen molar-refractivity contribution in [2.24, 2.45) is 0 Å². The molecule has 1 saturated heterocycles. The van der Waals surface area contributed by atoms with Crippen molar-refractivity contribution in [3.63, 3.8) is 0 Å². The molecule has 7 heteroatoms. The van der Waals surface area contributed by atoms with Crippen molar-refractivity contribution in [3.05, 3.63) is 46.7 Å². The van der Waals surface area contributed by atoms with Gasteiger partial charge in [0.15, 0.2) is 0 Å². The fourth-order valence-corrected chi connectivity index (χ4v) is 3.85. The van der Waals surface area contributed by atoms with E-state index in [0.29, 0.717) is 30.8 Å². The number of nitrogens with zero attached hydrogens (tertiary/aromatic N) is 3. The molecule has 0 saturated carbocycles. The van der Waals surface area contributed by atoms with Crippen LogP contribution in [0.2, 0.25) is 0 Å². The van der Waals surface area contributed by atoms with Crippen molar-refractivity contribution in [1.29, 1.82) is 0 Å². The van der Waals surface area contributed by atoms with Gasteiger partial charge >= 0.3 is 6.01 Å². The van der Waals surface area contributed by atoms with Gasteiger partial charge in [-0.3, -0.25) is 4.79 Å². The molecule has 1 aliphatic heterocycles. The standard InChI is InChI=1S/C19H22BrN3O2S/c1-13(2)26-17-5-3-14(4-6-17)9-18(24)23-8-7-16(12-23)25-19-21-10-15(20)11-22-19/h3-6,10-11,13,16H,7-9,12H2,1-2H3. The number of carbonyl (C=O) groups excluding carboxylic acids is 1. The summed E-state index contributed by atoms with van der Waals surface area (Å²) < 4.78 is 6.58. The number of likely N-dealkylation sites (tertiary alicyclic amines) is 1. The molecule has 1 amide bonds. The van der Waals surface area contributed by atoms with E-state index in [2.05, 4.69) is 51.9 Å². The summed E-state index contributed by atoms with van der Waals surface area (Å²) in [5, 5.41) is 0.554. The van der Waals surface area contributed by atoms with Crippen LogP contribution in [-0.2, 0) is 11.2 Å². The van der Waals surface area contributed by atoms with Gasteiger partial charge in [-0.15, -0.1) is 11.8 Å². The molecule has 1 aromatic carbocycles. The van der Waals surface area contributed by atoms with Gasteiger partial charge in [0.05, 0.1) is 17.4 Å². The highest BCUT2D eigenvalue weighted by atomic mass is 79.9. The van der Waals surface area contributed by atoms with Crippen LogP contribution in [0.15, 0.2) is 46.0 Å². The van der Waals surface area contributed by atoms with E-state index < -0.39 is 0 Å². The first-order valence-electron chi connectivity index (χ1n) is 8.67. The minimum absolute atomic E-state index is 0.0510.